The summed E-state index contributed by atoms with van der Waals surface area (Å²) in [6.45, 7) is 4.26. The summed E-state index contributed by atoms with van der Waals surface area (Å²) in [6, 6.07) is 5.24. The molecule has 1 aromatic carbocycles. The van der Waals surface area contributed by atoms with E-state index in [1.165, 1.54) is 17.4 Å². The summed E-state index contributed by atoms with van der Waals surface area (Å²) in [6.07, 6.45) is 1.74. The van der Waals surface area contributed by atoms with Gasteiger partial charge in [0.15, 0.2) is 16.3 Å². The molecule has 0 atom stereocenters. The monoisotopic (exact) mass is 428 g/mol. The van der Waals surface area contributed by atoms with Crippen LogP contribution in [-0.2, 0) is 6.54 Å². The van der Waals surface area contributed by atoms with Gasteiger partial charge in [-0.3, -0.25) is 4.79 Å². The molecule has 0 aliphatic carbocycles. The molecule has 0 radical (unpaired) electrons. The number of rotatable bonds is 5. The third-order valence-electron chi connectivity index (χ3n) is 3.58. The molecule has 1 amide bonds. The van der Waals surface area contributed by atoms with Crippen LogP contribution in [-0.4, -0.2) is 24.7 Å². The van der Waals surface area contributed by atoms with Gasteiger partial charge >= 0.3 is 0 Å². The van der Waals surface area contributed by atoms with Gasteiger partial charge in [0.2, 0.25) is 0 Å². The number of ether oxygens (including phenoxy) is 2. The van der Waals surface area contributed by atoms with E-state index in [4.69, 9.17) is 32.7 Å². The zero-order valence-electron chi connectivity index (χ0n) is 13.9. The fourth-order valence-corrected chi connectivity index (χ4v) is 4.92. The van der Waals surface area contributed by atoms with Crippen molar-refractivity contribution in [1.82, 2.24) is 4.57 Å². The molecule has 2 heterocycles. The van der Waals surface area contributed by atoms with Gasteiger partial charge in [-0.2, -0.15) is 4.99 Å². The second kappa shape index (κ2) is 7.84. The Morgan fingerprint density at radius 2 is 1.92 bits per heavy atom. The number of allylic oxidation sites excluding steroid dienone is 1. The number of fused-ring (bicyclic) bond motifs is 1. The molecule has 26 heavy (non-hydrogen) atoms. The van der Waals surface area contributed by atoms with Gasteiger partial charge in [-0.15, -0.1) is 17.9 Å². The number of benzene rings is 1. The second-order valence-electron chi connectivity index (χ2n) is 5.11. The summed E-state index contributed by atoms with van der Waals surface area (Å²) in [4.78, 5) is 17.3. The number of thiophene rings is 1. The van der Waals surface area contributed by atoms with Crippen LogP contribution in [0.1, 0.15) is 10.4 Å². The largest absolute Gasteiger partial charge is 0.493 e. The second-order valence-corrected chi connectivity index (χ2v) is 8.41. The Labute approximate surface area is 167 Å². The molecule has 0 saturated carbocycles. The molecule has 0 aliphatic rings. The topological polar surface area (TPSA) is 52.8 Å². The number of hydrogen-bond donors (Lipinski definition) is 0. The van der Waals surface area contributed by atoms with Gasteiger partial charge in [0.05, 0.1) is 34.3 Å². The van der Waals surface area contributed by atoms with Crippen LogP contribution in [0.15, 0.2) is 35.8 Å². The van der Waals surface area contributed by atoms with E-state index in [1.54, 1.807) is 20.3 Å². The Morgan fingerprint density at radius 1 is 1.23 bits per heavy atom. The molecular weight excluding hydrogens is 415 g/mol. The summed E-state index contributed by atoms with van der Waals surface area (Å²) in [5.74, 6) is 0.764. The minimum atomic E-state index is -0.443. The van der Waals surface area contributed by atoms with Crippen LogP contribution in [0.2, 0.25) is 8.67 Å². The molecule has 136 valence electrons. The predicted molar refractivity (Wildman–Crippen MR) is 107 cm³/mol. The molecule has 0 N–H and O–H groups in total. The molecular formula is C17H14Cl2N2O3S2. The fraction of sp³-hybridized carbons (Fsp3) is 0.176. The Kier molecular flexibility index (Phi) is 5.72. The number of thiazole rings is 1. The number of carbonyl (C=O) groups excluding carboxylic acids is 1. The van der Waals surface area contributed by atoms with E-state index in [2.05, 4.69) is 11.6 Å². The van der Waals surface area contributed by atoms with Crippen molar-refractivity contribution in [3.8, 4) is 11.5 Å². The highest BCUT2D eigenvalue weighted by Gasteiger charge is 2.16. The van der Waals surface area contributed by atoms with E-state index >= 15 is 0 Å². The maximum absolute atomic E-state index is 12.5. The number of aromatic nitrogens is 1. The van der Waals surface area contributed by atoms with Crippen molar-refractivity contribution in [2.24, 2.45) is 4.99 Å². The van der Waals surface area contributed by atoms with Gasteiger partial charge in [-0.05, 0) is 6.07 Å². The number of carbonyl (C=O) groups is 1. The van der Waals surface area contributed by atoms with Gasteiger partial charge in [0.1, 0.15) is 4.34 Å². The Bertz CT molecular complexity index is 1070. The third-order valence-corrected chi connectivity index (χ3v) is 6.11. The first-order valence-electron chi connectivity index (χ1n) is 7.38. The highest BCUT2D eigenvalue weighted by Crippen LogP contribution is 2.34. The number of methoxy groups -OCH3 is 2. The van der Waals surface area contributed by atoms with E-state index in [1.807, 2.05) is 16.7 Å². The van der Waals surface area contributed by atoms with E-state index in [0.717, 1.165) is 21.6 Å². The first kappa shape index (κ1) is 19.0. The normalized spacial score (nSPS) is 11.8. The minimum Gasteiger partial charge on any atom is -0.493 e. The molecule has 0 spiro atoms. The van der Waals surface area contributed by atoms with E-state index in [-0.39, 0.29) is 0 Å². The lowest BCUT2D eigenvalue weighted by molar-refractivity contribution is 0.0998. The van der Waals surface area contributed by atoms with E-state index in [9.17, 15) is 4.79 Å². The molecule has 9 heteroatoms. The number of hydrogen-bond acceptors (Lipinski definition) is 5. The zero-order chi connectivity index (χ0) is 18.8. The quantitative estimate of drug-likeness (QED) is 0.536. The van der Waals surface area contributed by atoms with Crippen molar-refractivity contribution >= 4 is 62.0 Å². The average molecular weight is 429 g/mol. The third kappa shape index (κ3) is 3.53. The lowest BCUT2D eigenvalue weighted by Crippen LogP contribution is -2.16. The van der Waals surface area contributed by atoms with Crippen molar-refractivity contribution in [3.63, 3.8) is 0 Å². The fourth-order valence-electron chi connectivity index (χ4n) is 2.42. The molecule has 3 aromatic rings. The number of amides is 1. The average Bonchev–Trinajstić information content (AvgIpc) is 3.13. The molecule has 0 aliphatic heterocycles. The van der Waals surface area contributed by atoms with Gasteiger partial charge in [0, 0.05) is 18.7 Å². The van der Waals surface area contributed by atoms with E-state index < -0.39 is 5.91 Å². The van der Waals surface area contributed by atoms with Crippen molar-refractivity contribution in [1.29, 1.82) is 0 Å². The standard InChI is InChI=1S/C17H14Cl2N2O3S2/c1-4-5-21-10-7-11(23-2)12(24-3)8-13(10)25-17(21)20-16(22)9-6-14(18)26-15(9)19/h4,6-8H,1,5H2,2-3H3. The van der Waals surface area contributed by atoms with E-state index in [0.29, 0.717) is 37.1 Å². The molecule has 3 rings (SSSR count). The van der Waals surface area contributed by atoms with Gasteiger partial charge in [-0.25, -0.2) is 0 Å². The highest BCUT2D eigenvalue weighted by atomic mass is 35.5. The molecule has 0 saturated heterocycles. The van der Waals surface area contributed by atoms with Crippen LogP contribution in [0.4, 0.5) is 0 Å². The molecule has 0 bridgehead atoms. The summed E-state index contributed by atoms with van der Waals surface area (Å²) < 4.78 is 14.3. The highest BCUT2D eigenvalue weighted by molar-refractivity contribution is 7.20. The van der Waals surface area contributed by atoms with Gasteiger partial charge in [-0.1, -0.05) is 40.6 Å². The first-order chi connectivity index (χ1) is 12.5. The van der Waals surface area contributed by atoms with Crippen molar-refractivity contribution in [2.45, 2.75) is 6.54 Å². The summed E-state index contributed by atoms with van der Waals surface area (Å²) in [7, 11) is 3.15. The summed E-state index contributed by atoms with van der Waals surface area (Å²) in [5.41, 5.74) is 1.16. The molecule has 0 fully saturated rings. The van der Waals surface area contributed by atoms with Crippen LogP contribution in [0.3, 0.4) is 0 Å². The van der Waals surface area contributed by atoms with Crippen molar-refractivity contribution < 1.29 is 14.3 Å². The minimum absolute atomic E-state index is 0.291. The molecule has 0 unspecified atom stereocenters. The van der Waals surface area contributed by atoms with Gasteiger partial charge < -0.3 is 14.0 Å². The van der Waals surface area contributed by atoms with Crippen LogP contribution in [0.5, 0.6) is 11.5 Å². The lowest BCUT2D eigenvalue weighted by atomic mass is 10.3. The van der Waals surface area contributed by atoms with Crippen LogP contribution < -0.4 is 14.3 Å². The van der Waals surface area contributed by atoms with Gasteiger partial charge in [0.25, 0.3) is 5.91 Å². The summed E-state index contributed by atoms with van der Waals surface area (Å²) >= 11 is 14.5. The SMILES string of the molecule is C=CCn1c(=NC(=O)c2cc(Cl)sc2Cl)sc2cc(OC)c(OC)cc21. The Morgan fingerprint density at radius 3 is 2.50 bits per heavy atom. The smallest absolute Gasteiger partial charge is 0.282 e. The predicted octanol–water partition coefficient (Wildman–Crippen LogP) is 5.02. The number of nitrogens with zero attached hydrogens (tertiary/aromatic N) is 2. The molecule has 2 aromatic heterocycles. The van der Waals surface area contributed by atoms with Crippen molar-refractivity contribution in [3.05, 3.63) is 49.9 Å². The first-order valence-corrected chi connectivity index (χ1v) is 9.77. The van der Waals surface area contributed by atoms with Crippen LogP contribution >= 0.6 is 45.9 Å². The van der Waals surface area contributed by atoms with Crippen molar-refractivity contribution in [2.75, 3.05) is 14.2 Å². The van der Waals surface area contributed by atoms with Crippen LogP contribution in [0, 0.1) is 0 Å². The summed E-state index contributed by atoms with van der Waals surface area (Å²) in [5, 5.41) is 0. The maximum atomic E-state index is 12.5. The Balaban J connectivity index is 2.21. The zero-order valence-corrected chi connectivity index (χ0v) is 17.1. The number of halogens is 2. The molecule has 5 nitrogen and oxygen atoms in total. The maximum Gasteiger partial charge on any atom is 0.282 e. The van der Waals surface area contributed by atoms with Crippen LogP contribution in [0.25, 0.3) is 10.2 Å². The Hall–Kier alpha value is -1.80. The lowest BCUT2D eigenvalue weighted by Gasteiger charge is -2.08.